The van der Waals surface area contributed by atoms with Crippen molar-refractivity contribution in [3.05, 3.63) is 63.2 Å². The maximum Gasteiger partial charge on any atom is 0.326 e. The summed E-state index contributed by atoms with van der Waals surface area (Å²) in [6, 6.07) is 8.45. The molecule has 0 aliphatic heterocycles. The molecule has 1 heterocycles. The minimum absolute atomic E-state index is 0.115. The van der Waals surface area contributed by atoms with Gasteiger partial charge in [0, 0.05) is 10.6 Å². The Morgan fingerprint density at radius 2 is 2.04 bits per heavy atom. The van der Waals surface area contributed by atoms with Gasteiger partial charge in [-0.1, -0.05) is 35.1 Å². The fourth-order valence-corrected chi connectivity index (χ4v) is 3.89. The number of carboxylic acid groups (broad SMARTS) is 1. The highest BCUT2D eigenvalue weighted by Crippen LogP contribution is 2.26. The van der Waals surface area contributed by atoms with E-state index in [2.05, 4.69) is 4.99 Å². The van der Waals surface area contributed by atoms with Crippen molar-refractivity contribution in [3.8, 4) is 0 Å². The first kappa shape index (κ1) is 18.3. The van der Waals surface area contributed by atoms with Crippen molar-refractivity contribution in [1.82, 2.24) is 4.57 Å². The van der Waals surface area contributed by atoms with E-state index in [9.17, 15) is 19.1 Å². The van der Waals surface area contributed by atoms with Crippen molar-refractivity contribution in [2.24, 2.45) is 4.99 Å². The van der Waals surface area contributed by atoms with Gasteiger partial charge >= 0.3 is 5.97 Å². The van der Waals surface area contributed by atoms with Crippen LogP contribution in [0, 0.1) is 12.7 Å². The third-order valence-electron chi connectivity index (χ3n) is 3.94. The lowest BCUT2D eigenvalue weighted by molar-refractivity contribution is -0.140. The smallest absolute Gasteiger partial charge is 0.326 e. The molecule has 1 N–H and O–H groups in total. The Morgan fingerprint density at radius 1 is 1.31 bits per heavy atom. The average molecular weight is 393 g/mol. The molecule has 0 aliphatic carbocycles. The Hall–Kier alpha value is -2.51. The number of aryl methyl sites for hydroxylation is 1. The maximum atomic E-state index is 14.5. The van der Waals surface area contributed by atoms with E-state index in [-0.39, 0.29) is 15.1 Å². The summed E-state index contributed by atoms with van der Waals surface area (Å²) in [4.78, 5) is 28.1. The molecule has 134 valence electrons. The van der Waals surface area contributed by atoms with E-state index in [0.717, 1.165) is 11.3 Å². The minimum atomic E-state index is -1.11. The van der Waals surface area contributed by atoms with Crippen LogP contribution >= 0.6 is 22.9 Å². The zero-order valence-corrected chi connectivity index (χ0v) is 15.4. The summed E-state index contributed by atoms with van der Waals surface area (Å²) in [5, 5.41) is 9.78. The van der Waals surface area contributed by atoms with Gasteiger partial charge in [-0.15, -0.1) is 0 Å². The number of halogens is 2. The third kappa shape index (κ3) is 3.27. The fourth-order valence-electron chi connectivity index (χ4n) is 2.51. The van der Waals surface area contributed by atoms with Gasteiger partial charge < -0.3 is 9.67 Å². The van der Waals surface area contributed by atoms with Crippen LogP contribution in [-0.2, 0) is 4.79 Å². The molecule has 0 radical (unpaired) electrons. The van der Waals surface area contributed by atoms with Gasteiger partial charge in [-0.25, -0.2) is 9.18 Å². The molecule has 8 heteroatoms. The van der Waals surface area contributed by atoms with E-state index in [1.807, 2.05) is 0 Å². The summed E-state index contributed by atoms with van der Waals surface area (Å²) in [7, 11) is 0. The van der Waals surface area contributed by atoms with Crippen LogP contribution < -0.4 is 4.80 Å². The normalized spacial score (nSPS) is 13.2. The predicted octanol–water partition coefficient (Wildman–Crippen LogP) is 4.19. The summed E-state index contributed by atoms with van der Waals surface area (Å²) in [5.41, 5.74) is 1.08. The molecule has 0 saturated carbocycles. The Morgan fingerprint density at radius 3 is 2.69 bits per heavy atom. The molecular formula is C18H14ClFN2O3S. The first-order chi connectivity index (χ1) is 12.3. The summed E-state index contributed by atoms with van der Waals surface area (Å²) < 4.78 is 16.1. The molecule has 1 unspecified atom stereocenters. The average Bonchev–Trinajstić information content (AvgIpc) is 2.96. The quantitative estimate of drug-likeness (QED) is 0.726. The van der Waals surface area contributed by atoms with Crippen LogP contribution in [0.2, 0.25) is 5.02 Å². The highest BCUT2D eigenvalue weighted by Gasteiger charge is 2.21. The number of carboxylic acids is 1. The molecular weight excluding hydrogens is 379 g/mol. The monoisotopic (exact) mass is 392 g/mol. The highest BCUT2D eigenvalue weighted by atomic mass is 35.5. The second-order valence-corrected chi connectivity index (χ2v) is 7.15. The molecule has 1 atom stereocenters. The van der Waals surface area contributed by atoms with Gasteiger partial charge in [0.2, 0.25) is 0 Å². The second-order valence-electron chi connectivity index (χ2n) is 5.74. The number of aromatic nitrogens is 1. The van der Waals surface area contributed by atoms with Gasteiger partial charge in [-0.3, -0.25) is 4.79 Å². The van der Waals surface area contributed by atoms with Crippen LogP contribution in [0.25, 0.3) is 10.2 Å². The van der Waals surface area contributed by atoms with E-state index in [0.29, 0.717) is 16.1 Å². The Balaban J connectivity index is 2.27. The lowest BCUT2D eigenvalue weighted by Gasteiger charge is -2.10. The largest absolute Gasteiger partial charge is 0.480 e. The van der Waals surface area contributed by atoms with Gasteiger partial charge in [0.15, 0.2) is 4.80 Å². The number of aliphatic carboxylic acids is 1. The Bertz CT molecular complexity index is 1100. The summed E-state index contributed by atoms with van der Waals surface area (Å²) in [6.45, 7) is 3.07. The van der Waals surface area contributed by atoms with Crippen LogP contribution in [0.15, 0.2) is 41.4 Å². The van der Waals surface area contributed by atoms with Gasteiger partial charge in [-0.2, -0.15) is 4.99 Å². The molecule has 2 aromatic carbocycles. The number of hydrogen-bond acceptors (Lipinski definition) is 3. The van der Waals surface area contributed by atoms with Crippen LogP contribution in [0.3, 0.4) is 0 Å². The number of nitrogens with zero attached hydrogens (tertiary/aromatic N) is 2. The van der Waals surface area contributed by atoms with E-state index < -0.39 is 23.7 Å². The molecule has 1 amide bonds. The van der Waals surface area contributed by atoms with Crippen LogP contribution in [0.1, 0.15) is 28.9 Å². The van der Waals surface area contributed by atoms with Gasteiger partial charge in [0.25, 0.3) is 5.91 Å². The summed E-state index contributed by atoms with van der Waals surface area (Å²) in [6.07, 6.45) is 0. The zero-order valence-electron chi connectivity index (χ0n) is 13.9. The standard InChI is InChI=1S/C18H14ClFN2O3S/c1-9-6-7-13-15(14(9)20)26-18(22(13)10(2)17(24)25)21-16(23)11-4-3-5-12(19)8-11/h3-8,10H,1-2H3,(H,24,25). The molecule has 0 fully saturated rings. The number of amides is 1. The topological polar surface area (TPSA) is 71.7 Å². The molecule has 0 spiro atoms. The Labute approximate surface area is 157 Å². The summed E-state index contributed by atoms with van der Waals surface area (Å²) in [5.74, 6) is -2.14. The lowest BCUT2D eigenvalue weighted by atomic mass is 10.2. The van der Waals surface area contributed by atoms with Crippen molar-refractivity contribution in [1.29, 1.82) is 0 Å². The zero-order chi connectivity index (χ0) is 19.0. The van der Waals surface area contributed by atoms with E-state index in [4.69, 9.17) is 11.6 Å². The number of carbonyl (C=O) groups excluding carboxylic acids is 1. The van der Waals surface area contributed by atoms with Crippen molar-refractivity contribution in [2.45, 2.75) is 19.9 Å². The molecule has 0 saturated heterocycles. The van der Waals surface area contributed by atoms with Crippen LogP contribution in [-0.4, -0.2) is 21.6 Å². The van der Waals surface area contributed by atoms with Crippen molar-refractivity contribution in [2.75, 3.05) is 0 Å². The van der Waals surface area contributed by atoms with Crippen molar-refractivity contribution in [3.63, 3.8) is 0 Å². The number of rotatable bonds is 3. The predicted molar refractivity (Wildman–Crippen MR) is 98.2 cm³/mol. The van der Waals surface area contributed by atoms with Gasteiger partial charge in [0.1, 0.15) is 11.9 Å². The second kappa shape index (κ2) is 7.01. The lowest BCUT2D eigenvalue weighted by Crippen LogP contribution is -2.25. The molecule has 1 aromatic heterocycles. The van der Waals surface area contributed by atoms with Crippen molar-refractivity contribution >= 4 is 45.0 Å². The van der Waals surface area contributed by atoms with E-state index in [1.165, 1.54) is 17.6 Å². The molecule has 0 bridgehead atoms. The first-order valence-corrected chi connectivity index (χ1v) is 8.86. The number of hydrogen-bond donors (Lipinski definition) is 1. The number of benzene rings is 2. The molecule has 3 rings (SSSR count). The number of fused-ring (bicyclic) bond motifs is 1. The first-order valence-electron chi connectivity index (χ1n) is 7.67. The highest BCUT2D eigenvalue weighted by molar-refractivity contribution is 7.16. The molecule has 3 aromatic rings. The summed E-state index contributed by atoms with van der Waals surface area (Å²) >= 11 is 6.84. The van der Waals surface area contributed by atoms with E-state index in [1.54, 1.807) is 37.3 Å². The molecule has 0 aliphatic rings. The van der Waals surface area contributed by atoms with Crippen LogP contribution in [0.4, 0.5) is 4.39 Å². The maximum absolute atomic E-state index is 14.5. The Kier molecular flexibility index (Phi) is 4.93. The van der Waals surface area contributed by atoms with Crippen molar-refractivity contribution < 1.29 is 19.1 Å². The molecule has 26 heavy (non-hydrogen) atoms. The van der Waals surface area contributed by atoms with Gasteiger partial charge in [0.05, 0.1) is 10.2 Å². The minimum Gasteiger partial charge on any atom is -0.480 e. The SMILES string of the molecule is Cc1ccc2c(sc(=NC(=O)c3cccc(Cl)c3)n2C(C)C(=O)O)c1F. The number of carbonyl (C=O) groups is 2. The van der Waals surface area contributed by atoms with Crippen LogP contribution in [0.5, 0.6) is 0 Å². The van der Waals surface area contributed by atoms with E-state index >= 15 is 0 Å². The molecule has 5 nitrogen and oxygen atoms in total. The third-order valence-corrected chi connectivity index (χ3v) is 5.24. The number of thiazole rings is 1. The fraction of sp³-hybridized carbons (Fsp3) is 0.167. The van der Waals surface area contributed by atoms with Gasteiger partial charge in [-0.05, 0) is 43.7 Å².